The first-order chi connectivity index (χ1) is 15.1. The van der Waals surface area contributed by atoms with E-state index in [9.17, 15) is 14.4 Å². The van der Waals surface area contributed by atoms with Crippen molar-refractivity contribution >= 4 is 23.4 Å². The molecule has 160 valence electrons. The highest BCUT2D eigenvalue weighted by Gasteiger charge is 2.62. The minimum atomic E-state index is -0.891. The van der Waals surface area contributed by atoms with Crippen LogP contribution in [-0.2, 0) is 20.8 Å². The number of carbonyl (C=O) groups excluding carboxylic acids is 3. The molecule has 6 heteroatoms. The van der Waals surface area contributed by atoms with E-state index in [1.54, 1.807) is 18.2 Å². The van der Waals surface area contributed by atoms with Gasteiger partial charge in [0.1, 0.15) is 11.8 Å². The summed E-state index contributed by atoms with van der Waals surface area (Å²) in [4.78, 5) is 41.5. The lowest BCUT2D eigenvalue weighted by Gasteiger charge is -2.27. The average Bonchev–Trinajstić information content (AvgIpc) is 3.47. The number of nitrogens with one attached hydrogen (secondary N) is 1. The lowest BCUT2D eigenvalue weighted by Crippen LogP contribution is -2.49. The van der Waals surface area contributed by atoms with Gasteiger partial charge in [-0.2, -0.15) is 0 Å². The van der Waals surface area contributed by atoms with Gasteiger partial charge in [-0.25, -0.2) is 0 Å². The summed E-state index contributed by atoms with van der Waals surface area (Å²) in [6, 6.07) is 15.8. The Kier molecular flexibility index (Phi) is 5.00. The molecule has 5 rings (SSSR count). The van der Waals surface area contributed by atoms with E-state index >= 15 is 0 Å². The molecule has 2 aromatic rings. The van der Waals surface area contributed by atoms with E-state index < -0.39 is 6.04 Å². The number of ether oxygens (including phenoxy) is 1. The molecule has 1 aliphatic heterocycles. The second-order valence-corrected chi connectivity index (χ2v) is 8.83. The van der Waals surface area contributed by atoms with Gasteiger partial charge in [-0.05, 0) is 48.8 Å². The summed E-state index contributed by atoms with van der Waals surface area (Å²) in [7, 11) is 1.54. The number of rotatable bonds is 6. The first-order valence-electron chi connectivity index (χ1n) is 10.9. The largest absolute Gasteiger partial charge is 0.495 e. The summed E-state index contributed by atoms with van der Waals surface area (Å²) < 4.78 is 5.35. The summed E-state index contributed by atoms with van der Waals surface area (Å²) in [5, 5.41) is 2.89. The number of benzene rings is 2. The number of imide groups is 1. The Labute approximate surface area is 181 Å². The van der Waals surface area contributed by atoms with Gasteiger partial charge in [-0.1, -0.05) is 42.5 Å². The SMILES string of the molecule is COc1ccccc1NC(=O)[C@H](Cc1ccccc1)N1C(=O)[C@@H]2[C@@H]3CC[C@@H](C3)[C@@H]2C1=O. The maximum atomic E-state index is 13.4. The second kappa shape index (κ2) is 7.84. The first kappa shape index (κ1) is 19.8. The average molecular weight is 418 g/mol. The van der Waals surface area contributed by atoms with Gasteiger partial charge in [0, 0.05) is 6.42 Å². The van der Waals surface area contributed by atoms with Gasteiger partial charge in [0.05, 0.1) is 24.6 Å². The molecule has 2 saturated carbocycles. The molecule has 5 atom stereocenters. The normalized spacial score (nSPS) is 27.3. The van der Waals surface area contributed by atoms with Crippen molar-refractivity contribution in [3.63, 3.8) is 0 Å². The fraction of sp³-hybridized carbons (Fsp3) is 0.400. The summed E-state index contributed by atoms with van der Waals surface area (Å²) in [5.74, 6) is -0.105. The number of para-hydroxylation sites is 2. The Hall–Kier alpha value is -3.15. The van der Waals surface area contributed by atoms with Crippen LogP contribution >= 0.6 is 0 Å². The lowest BCUT2D eigenvalue weighted by atomic mass is 9.81. The molecule has 2 aromatic carbocycles. The molecule has 0 radical (unpaired) electrons. The predicted molar refractivity (Wildman–Crippen MR) is 115 cm³/mol. The van der Waals surface area contributed by atoms with E-state index in [4.69, 9.17) is 4.74 Å². The molecule has 0 aromatic heterocycles. The van der Waals surface area contributed by atoms with Crippen LogP contribution in [0.15, 0.2) is 54.6 Å². The Morgan fingerprint density at radius 3 is 2.26 bits per heavy atom. The second-order valence-electron chi connectivity index (χ2n) is 8.83. The van der Waals surface area contributed by atoms with Crippen LogP contribution in [0.3, 0.4) is 0 Å². The quantitative estimate of drug-likeness (QED) is 0.731. The van der Waals surface area contributed by atoms with E-state index in [1.807, 2.05) is 36.4 Å². The number of likely N-dealkylation sites (tertiary alicyclic amines) is 1. The van der Waals surface area contributed by atoms with Crippen molar-refractivity contribution in [2.75, 3.05) is 12.4 Å². The summed E-state index contributed by atoms with van der Waals surface area (Å²) in [6.45, 7) is 0. The molecule has 0 spiro atoms. The number of hydrogen-bond donors (Lipinski definition) is 1. The van der Waals surface area contributed by atoms with Crippen LogP contribution < -0.4 is 10.1 Å². The van der Waals surface area contributed by atoms with Crippen molar-refractivity contribution in [3.8, 4) is 5.75 Å². The number of anilines is 1. The van der Waals surface area contributed by atoms with Gasteiger partial charge in [-0.15, -0.1) is 0 Å². The third-order valence-corrected chi connectivity index (χ3v) is 7.21. The standard InChI is InChI=1S/C25H26N2O4/c1-31-20-10-6-5-9-18(20)26-23(28)19(13-15-7-3-2-4-8-15)27-24(29)21-16-11-12-17(14-16)22(21)25(27)30/h2-10,16-17,19,21-22H,11-14H2,1H3,(H,26,28)/t16-,17+,19-,21-,22+/m0/s1. The maximum Gasteiger partial charge on any atom is 0.248 e. The zero-order chi connectivity index (χ0) is 21.5. The predicted octanol–water partition coefficient (Wildman–Crippen LogP) is 3.28. The fourth-order valence-corrected chi connectivity index (χ4v) is 5.84. The number of hydrogen-bond acceptors (Lipinski definition) is 4. The Morgan fingerprint density at radius 2 is 1.61 bits per heavy atom. The molecule has 2 bridgehead atoms. The van der Waals surface area contributed by atoms with Gasteiger partial charge in [0.2, 0.25) is 17.7 Å². The van der Waals surface area contributed by atoms with Crippen molar-refractivity contribution in [2.24, 2.45) is 23.7 Å². The molecule has 1 N–H and O–H groups in total. The Bertz CT molecular complexity index is 993. The van der Waals surface area contributed by atoms with Crippen molar-refractivity contribution in [1.29, 1.82) is 0 Å². The highest BCUT2D eigenvalue weighted by atomic mass is 16.5. The van der Waals surface area contributed by atoms with Crippen molar-refractivity contribution in [2.45, 2.75) is 31.7 Å². The van der Waals surface area contributed by atoms with Gasteiger partial charge in [0.15, 0.2) is 0 Å². The van der Waals surface area contributed by atoms with E-state index in [2.05, 4.69) is 5.32 Å². The van der Waals surface area contributed by atoms with Crippen LogP contribution in [0.2, 0.25) is 0 Å². The molecule has 6 nitrogen and oxygen atoms in total. The van der Waals surface area contributed by atoms with Crippen LogP contribution in [0.1, 0.15) is 24.8 Å². The third-order valence-electron chi connectivity index (χ3n) is 7.21. The zero-order valence-corrected chi connectivity index (χ0v) is 17.5. The molecule has 3 fully saturated rings. The van der Waals surface area contributed by atoms with Gasteiger partial charge < -0.3 is 10.1 Å². The Morgan fingerprint density at radius 1 is 1.00 bits per heavy atom. The monoisotopic (exact) mass is 418 g/mol. The van der Waals surface area contributed by atoms with Gasteiger partial charge in [-0.3, -0.25) is 19.3 Å². The number of fused-ring (bicyclic) bond motifs is 5. The van der Waals surface area contributed by atoms with E-state index in [1.165, 1.54) is 12.0 Å². The van der Waals surface area contributed by atoms with Crippen molar-refractivity contribution in [1.82, 2.24) is 4.90 Å². The van der Waals surface area contributed by atoms with E-state index in [-0.39, 0.29) is 47.8 Å². The maximum absolute atomic E-state index is 13.4. The van der Waals surface area contributed by atoms with Crippen LogP contribution in [0, 0.1) is 23.7 Å². The lowest BCUT2D eigenvalue weighted by molar-refractivity contribution is -0.147. The smallest absolute Gasteiger partial charge is 0.248 e. The first-order valence-corrected chi connectivity index (χ1v) is 10.9. The number of carbonyl (C=O) groups is 3. The minimum absolute atomic E-state index is 0.168. The van der Waals surface area contributed by atoms with Crippen molar-refractivity contribution in [3.05, 3.63) is 60.2 Å². The molecule has 31 heavy (non-hydrogen) atoms. The highest BCUT2D eigenvalue weighted by molar-refractivity contribution is 6.10. The highest BCUT2D eigenvalue weighted by Crippen LogP contribution is 2.56. The molecule has 3 amide bonds. The number of nitrogens with zero attached hydrogens (tertiary/aromatic N) is 1. The molecule has 3 aliphatic rings. The summed E-state index contributed by atoms with van der Waals surface area (Å²) >= 11 is 0. The molecular formula is C25H26N2O4. The molecule has 2 aliphatic carbocycles. The summed E-state index contributed by atoms with van der Waals surface area (Å²) in [5.41, 5.74) is 1.43. The molecule has 1 heterocycles. The van der Waals surface area contributed by atoms with Gasteiger partial charge in [0.25, 0.3) is 0 Å². The van der Waals surface area contributed by atoms with Crippen LogP contribution in [0.25, 0.3) is 0 Å². The van der Waals surface area contributed by atoms with Crippen LogP contribution in [0.4, 0.5) is 5.69 Å². The van der Waals surface area contributed by atoms with E-state index in [0.29, 0.717) is 11.4 Å². The molecule has 1 saturated heterocycles. The van der Waals surface area contributed by atoms with Crippen molar-refractivity contribution < 1.29 is 19.1 Å². The topological polar surface area (TPSA) is 75.7 Å². The molecular weight excluding hydrogens is 392 g/mol. The number of amides is 3. The third kappa shape index (κ3) is 3.30. The van der Waals surface area contributed by atoms with Crippen LogP contribution in [-0.4, -0.2) is 35.8 Å². The summed E-state index contributed by atoms with van der Waals surface area (Å²) in [6.07, 6.45) is 3.27. The van der Waals surface area contributed by atoms with E-state index in [0.717, 1.165) is 24.8 Å². The van der Waals surface area contributed by atoms with Gasteiger partial charge >= 0.3 is 0 Å². The minimum Gasteiger partial charge on any atom is -0.495 e. The fourth-order valence-electron chi connectivity index (χ4n) is 5.84. The molecule has 0 unspecified atom stereocenters. The Balaban J connectivity index is 1.47. The van der Waals surface area contributed by atoms with Crippen LogP contribution in [0.5, 0.6) is 5.75 Å². The zero-order valence-electron chi connectivity index (χ0n) is 17.5. The number of methoxy groups -OCH3 is 1.